The summed E-state index contributed by atoms with van der Waals surface area (Å²) in [6.07, 6.45) is 2.44. The largest absolute Gasteiger partial charge is 0.496 e. The Morgan fingerprint density at radius 1 is 1.03 bits per heavy atom. The van der Waals surface area contributed by atoms with E-state index in [4.69, 9.17) is 4.74 Å². The van der Waals surface area contributed by atoms with Crippen LogP contribution in [0.2, 0.25) is 0 Å². The van der Waals surface area contributed by atoms with Gasteiger partial charge in [-0.15, -0.1) is 0 Å². The van der Waals surface area contributed by atoms with Gasteiger partial charge in [0.25, 0.3) is 0 Å². The van der Waals surface area contributed by atoms with E-state index in [0.717, 1.165) is 30.1 Å². The van der Waals surface area contributed by atoms with Crippen LogP contribution in [0.3, 0.4) is 0 Å². The number of methoxy groups -OCH3 is 1. The highest BCUT2D eigenvalue weighted by Gasteiger charge is 2.23. The first-order valence-electron chi connectivity index (χ1n) is 10.2. The van der Waals surface area contributed by atoms with Gasteiger partial charge in [0.15, 0.2) is 0 Å². The molecule has 0 amide bonds. The minimum Gasteiger partial charge on any atom is -0.496 e. The van der Waals surface area contributed by atoms with Crippen LogP contribution in [0.1, 0.15) is 49.4 Å². The fraction of sp³-hybridized carbons (Fsp3) is 0.478. The fourth-order valence-corrected chi connectivity index (χ4v) is 5.42. The van der Waals surface area contributed by atoms with E-state index in [2.05, 4.69) is 28.7 Å². The molecule has 0 aliphatic carbocycles. The topological polar surface area (TPSA) is 58.6 Å². The van der Waals surface area contributed by atoms with Gasteiger partial charge in [-0.25, -0.2) is 13.1 Å². The normalized spacial score (nSPS) is 16.7. The predicted molar refractivity (Wildman–Crippen MR) is 118 cm³/mol. The zero-order valence-corrected chi connectivity index (χ0v) is 18.8. The Bertz CT molecular complexity index is 947. The molecule has 1 aliphatic heterocycles. The summed E-state index contributed by atoms with van der Waals surface area (Å²) >= 11 is 0. The van der Waals surface area contributed by atoms with Crippen molar-refractivity contribution in [2.75, 3.05) is 25.1 Å². The summed E-state index contributed by atoms with van der Waals surface area (Å²) in [5.74, 6) is 1.49. The van der Waals surface area contributed by atoms with Gasteiger partial charge in [-0.3, -0.25) is 0 Å². The number of ether oxygens (including phenoxy) is 1. The van der Waals surface area contributed by atoms with E-state index in [0.29, 0.717) is 16.2 Å². The zero-order valence-electron chi connectivity index (χ0n) is 18.0. The number of benzene rings is 2. The van der Waals surface area contributed by atoms with Crippen LogP contribution in [0.25, 0.3) is 0 Å². The molecule has 158 valence electrons. The Morgan fingerprint density at radius 3 is 2.24 bits per heavy atom. The maximum absolute atomic E-state index is 13.0. The Labute approximate surface area is 175 Å². The molecular formula is C23H32N2O3S. The van der Waals surface area contributed by atoms with E-state index in [1.807, 2.05) is 32.9 Å². The van der Waals surface area contributed by atoms with E-state index in [9.17, 15) is 8.42 Å². The van der Waals surface area contributed by atoms with Gasteiger partial charge < -0.3 is 9.64 Å². The Balaban J connectivity index is 1.74. The second-order valence-corrected chi connectivity index (χ2v) is 9.80. The average Bonchev–Trinajstić information content (AvgIpc) is 2.70. The molecule has 0 aromatic heterocycles. The summed E-state index contributed by atoms with van der Waals surface area (Å²) in [5.41, 5.74) is 3.70. The van der Waals surface area contributed by atoms with Gasteiger partial charge >= 0.3 is 0 Å². The van der Waals surface area contributed by atoms with Crippen molar-refractivity contribution in [2.24, 2.45) is 5.92 Å². The molecule has 1 saturated heterocycles. The van der Waals surface area contributed by atoms with Gasteiger partial charge in [0.1, 0.15) is 5.75 Å². The quantitative estimate of drug-likeness (QED) is 0.748. The highest BCUT2D eigenvalue weighted by atomic mass is 32.2. The fourth-order valence-electron chi connectivity index (χ4n) is 3.89. The lowest BCUT2D eigenvalue weighted by Gasteiger charge is -2.32. The van der Waals surface area contributed by atoms with Crippen molar-refractivity contribution in [1.82, 2.24) is 4.72 Å². The molecule has 1 fully saturated rings. The zero-order chi connectivity index (χ0) is 21.2. The third kappa shape index (κ3) is 4.75. The smallest absolute Gasteiger partial charge is 0.241 e. The highest BCUT2D eigenvalue weighted by Crippen LogP contribution is 2.29. The minimum atomic E-state index is -3.64. The van der Waals surface area contributed by atoms with Crippen LogP contribution in [0.15, 0.2) is 41.3 Å². The van der Waals surface area contributed by atoms with Crippen LogP contribution < -0.4 is 14.4 Å². The van der Waals surface area contributed by atoms with E-state index < -0.39 is 10.0 Å². The van der Waals surface area contributed by atoms with Gasteiger partial charge in [0, 0.05) is 24.8 Å². The monoisotopic (exact) mass is 416 g/mol. The second-order valence-electron chi connectivity index (χ2n) is 8.12. The first kappa shape index (κ1) is 21.7. The number of nitrogens with one attached hydrogen (secondary N) is 1. The van der Waals surface area contributed by atoms with Crippen molar-refractivity contribution >= 4 is 15.7 Å². The molecule has 0 spiro atoms. The lowest BCUT2D eigenvalue weighted by atomic mass is 9.98. The van der Waals surface area contributed by atoms with Crippen molar-refractivity contribution < 1.29 is 13.2 Å². The molecule has 2 aromatic carbocycles. The van der Waals surface area contributed by atoms with Crippen LogP contribution in [0.4, 0.5) is 5.69 Å². The van der Waals surface area contributed by atoms with Crippen LogP contribution >= 0.6 is 0 Å². The molecule has 1 atom stereocenters. The number of piperidine rings is 1. The Kier molecular flexibility index (Phi) is 6.54. The molecule has 6 heteroatoms. The summed E-state index contributed by atoms with van der Waals surface area (Å²) in [5, 5.41) is 0. The van der Waals surface area contributed by atoms with Crippen LogP contribution in [0.5, 0.6) is 5.75 Å². The lowest BCUT2D eigenvalue weighted by Crippen LogP contribution is -2.32. The molecule has 0 radical (unpaired) electrons. The van der Waals surface area contributed by atoms with Crippen LogP contribution in [0, 0.1) is 19.8 Å². The standard InChI is InChI=1S/C23H32N2O3S/c1-16-12-14-25(15-13-16)21-8-6-20(7-9-21)19(4)24-29(26,27)23-11-10-22(28-5)17(2)18(23)3/h6-11,16,19,24H,12-15H2,1-5H3/t19-/m0/s1. The molecular weight excluding hydrogens is 384 g/mol. The Hall–Kier alpha value is -2.05. The molecule has 1 heterocycles. The van der Waals surface area contributed by atoms with Crippen LogP contribution in [-0.4, -0.2) is 28.6 Å². The second kappa shape index (κ2) is 8.76. The molecule has 29 heavy (non-hydrogen) atoms. The van der Waals surface area contributed by atoms with Gasteiger partial charge in [-0.05, 0) is 80.5 Å². The molecule has 5 nitrogen and oxygen atoms in total. The van der Waals surface area contributed by atoms with E-state index in [1.54, 1.807) is 19.2 Å². The van der Waals surface area contributed by atoms with E-state index in [1.165, 1.54) is 18.5 Å². The van der Waals surface area contributed by atoms with Crippen molar-refractivity contribution in [1.29, 1.82) is 0 Å². The Morgan fingerprint density at radius 2 is 1.66 bits per heavy atom. The molecule has 0 saturated carbocycles. The number of hydrogen-bond donors (Lipinski definition) is 1. The van der Waals surface area contributed by atoms with Crippen LogP contribution in [-0.2, 0) is 10.0 Å². The maximum Gasteiger partial charge on any atom is 0.241 e. The van der Waals surface area contributed by atoms with E-state index in [-0.39, 0.29) is 6.04 Å². The minimum absolute atomic E-state index is 0.293. The van der Waals surface area contributed by atoms with Crippen molar-refractivity contribution in [3.05, 3.63) is 53.1 Å². The SMILES string of the molecule is COc1ccc(S(=O)(=O)N[C@@H](C)c2ccc(N3CCC(C)CC3)cc2)c(C)c1C. The number of hydrogen-bond acceptors (Lipinski definition) is 4. The van der Waals surface area contributed by atoms with Crippen molar-refractivity contribution in [3.8, 4) is 5.75 Å². The highest BCUT2D eigenvalue weighted by molar-refractivity contribution is 7.89. The third-order valence-electron chi connectivity index (χ3n) is 6.07. The summed E-state index contributed by atoms with van der Waals surface area (Å²) in [6, 6.07) is 11.2. The first-order valence-corrected chi connectivity index (χ1v) is 11.7. The summed E-state index contributed by atoms with van der Waals surface area (Å²) < 4.78 is 34.1. The summed E-state index contributed by atoms with van der Waals surface area (Å²) in [7, 11) is -2.05. The molecule has 1 N–H and O–H groups in total. The number of anilines is 1. The number of nitrogens with zero attached hydrogens (tertiary/aromatic N) is 1. The molecule has 3 rings (SSSR count). The molecule has 2 aromatic rings. The molecule has 0 unspecified atom stereocenters. The third-order valence-corrected chi connectivity index (χ3v) is 7.76. The lowest BCUT2D eigenvalue weighted by molar-refractivity contribution is 0.410. The average molecular weight is 417 g/mol. The van der Waals surface area contributed by atoms with E-state index >= 15 is 0 Å². The maximum atomic E-state index is 13.0. The summed E-state index contributed by atoms with van der Waals surface area (Å²) in [4.78, 5) is 2.70. The van der Waals surface area contributed by atoms with Gasteiger partial charge in [-0.2, -0.15) is 0 Å². The predicted octanol–water partition coefficient (Wildman–Crippen LogP) is 4.59. The number of rotatable bonds is 6. The first-order chi connectivity index (χ1) is 13.7. The molecule has 1 aliphatic rings. The van der Waals surface area contributed by atoms with Gasteiger partial charge in [-0.1, -0.05) is 19.1 Å². The van der Waals surface area contributed by atoms with Crippen molar-refractivity contribution in [3.63, 3.8) is 0 Å². The van der Waals surface area contributed by atoms with Gasteiger partial charge in [0.05, 0.1) is 12.0 Å². The van der Waals surface area contributed by atoms with Crippen molar-refractivity contribution in [2.45, 2.75) is 51.5 Å². The number of sulfonamides is 1. The summed E-state index contributed by atoms with van der Waals surface area (Å²) in [6.45, 7) is 10.0. The van der Waals surface area contributed by atoms with Gasteiger partial charge in [0.2, 0.25) is 10.0 Å². The molecule has 0 bridgehead atoms.